The Morgan fingerprint density at radius 3 is 2.38 bits per heavy atom. The van der Waals surface area contributed by atoms with Gasteiger partial charge in [-0.3, -0.25) is 0 Å². The third-order valence-electron chi connectivity index (χ3n) is 4.56. The molecule has 6 nitrogen and oxygen atoms in total. The second-order valence-corrected chi connectivity index (χ2v) is 7.59. The average Bonchev–Trinajstić information content (AvgIpc) is 2.58. The van der Waals surface area contributed by atoms with E-state index in [0.29, 0.717) is 30.7 Å². The van der Waals surface area contributed by atoms with E-state index in [0.717, 1.165) is 17.7 Å². The van der Waals surface area contributed by atoms with Crippen LogP contribution in [0.2, 0.25) is 0 Å². The topological polar surface area (TPSA) is 68.2 Å². The van der Waals surface area contributed by atoms with E-state index < -0.39 is 17.8 Å². The number of nitrogens with zero attached hydrogens (tertiary/aromatic N) is 1. The van der Waals surface area contributed by atoms with Crippen molar-refractivity contribution >= 4 is 6.09 Å². The molecule has 2 rings (SSSR count). The molecule has 0 aliphatic heterocycles. The number of hydrogen-bond acceptors (Lipinski definition) is 5. The minimum atomic E-state index is -0.858. The van der Waals surface area contributed by atoms with Gasteiger partial charge in [-0.25, -0.2) is 4.79 Å². The van der Waals surface area contributed by atoms with Crippen LogP contribution in [0, 0.1) is 0 Å². The Bertz CT molecular complexity index is 638. The summed E-state index contributed by atoms with van der Waals surface area (Å²) in [6.07, 6.45) is 0.860. The molecular weight excluding hydrogens is 334 g/mol. The molecule has 6 heteroatoms. The monoisotopic (exact) mass is 365 g/mol. The lowest BCUT2D eigenvalue weighted by molar-refractivity contribution is -0.0115. The van der Waals surface area contributed by atoms with E-state index in [1.807, 2.05) is 33.8 Å². The summed E-state index contributed by atoms with van der Waals surface area (Å²) in [7, 11) is 3.20. The molecule has 0 unspecified atom stereocenters. The maximum absolute atomic E-state index is 12.7. The van der Waals surface area contributed by atoms with Crippen molar-refractivity contribution in [3.8, 4) is 11.5 Å². The molecule has 0 aromatic heterocycles. The van der Waals surface area contributed by atoms with Gasteiger partial charge in [-0.15, -0.1) is 0 Å². The largest absolute Gasteiger partial charge is 0.496 e. The first-order chi connectivity index (χ1) is 12.2. The summed E-state index contributed by atoms with van der Waals surface area (Å²) in [5.74, 6) is 1.34. The van der Waals surface area contributed by atoms with Crippen molar-refractivity contribution in [2.24, 2.45) is 0 Å². The SMILES string of the molecule is CCCN(C(=O)OC(C)(C)C)[C@H]1CCc2c(OC)ccc(OC)c2[C@@H]1O. The zero-order valence-corrected chi connectivity index (χ0v) is 16.7. The van der Waals surface area contributed by atoms with Gasteiger partial charge in [0.05, 0.1) is 20.3 Å². The van der Waals surface area contributed by atoms with Crippen molar-refractivity contribution in [1.29, 1.82) is 0 Å². The van der Waals surface area contributed by atoms with Gasteiger partial charge in [0.2, 0.25) is 0 Å². The summed E-state index contributed by atoms with van der Waals surface area (Å²) in [6, 6.07) is 3.28. The Morgan fingerprint density at radius 2 is 1.85 bits per heavy atom. The van der Waals surface area contributed by atoms with Crippen LogP contribution in [0.1, 0.15) is 57.8 Å². The molecule has 146 valence electrons. The number of amides is 1. The normalized spacial score (nSPS) is 19.5. The van der Waals surface area contributed by atoms with E-state index in [9.17, 15) is 9.90 Å². The van der Waals surface area contributed by atoms with Crippen LogP contribution in [0.4, 0.5) is 4.79 Å². The number of aliphatic hydroxyl groups excluding tert-OH is 1. The van der Waals surface area contributed by atoms with Crippen molar-refractivity contribution in [2.75, 3.05) is 20.8 Å². The molecule has 1 aromatic carbocycles. The molecule has 1 aliphatic carbocycles. The quantitative estimate of drug-likeness (QED) is 0.862. The lowest BCUT2D eigenvalue weighted by Gasteiger charge is -2.39. The van der Waals surface area contributed by atoms with E-state index in [1.165, 1.54) is 0 Å². The van der Waals surface area contributed by atoms with Gasteiger partial charge >= 0.3 is 6.09 Å². The zero-order chi connectivity index (χ0) is 19.5. The van der Waals surface area contributed by atoms with Gasteiger partial charge in [0.15, 0.2) is 0 Å². The summed E-state index contributed by atoms with van der Waals surface area (Å²) >= 11 is 0. The molecule has 1 N–H and O–H groups in total. The number of ether oxygens (including phenoxy) is 3. The Kier molecular flexibility index (Phi) is 6.39. The zero-order valence-electron chi connectivity index (χ0n) is 16.7. The van der Waals surface area contributed by atoms with Gasteiger partial charge in [0.25, 0.3) is 0 Å². The van der Waals surface area contributed by atoms with Crippen LogP contribution in [0.15, 0.2) is 12.1 Å². The molecule has 1 aromatic rings. The summed E-state index contributed by atoms with van der Waals surface area (Å²) in [5.41, 5.74) is 1.06. The van der Waals surface area contributed by atoms with Crippen molar-refractivity contribution in [3.05, 3.63) is 23.3 Å². The Hall–Kier alpha value is -1.95. The summed E-state index contributed by atoms with van der Waals surface area (Å²) < 4.78 is 16.5. The van der Waals surface area contributed by atoms with E-state index >= 15 is 0 Å². The van der Waals surface area contributed by atoms with Crippen LogP contribution in [-0.2, 0) is 11.2 Å². The number of benzene rings is 1. The van der Waals surface area contributed by atoms with Crippen LogP contribution in [-0.4, -0.2) is 48.5 Å². The number of carbonyl (C=O) groups is 1. The van der Waals surface area contributed by atoms with Crippen LogP contribution in [0.25, 0.3) is 0 Å². The third kappa shape index (κ3) is 4.23. The van der Waals surface area contributed by atoms with Crippen LogP contribution < -0.4 is 9.47 Å². The first-order valence-corrected chi connectivity index (χ1v) is 9.14. The highest BCUT2D eigenvalue weighted by molar-refractivity contribution is 5.69. The molecule has 0 saturated carbocycles. The van der Waals surface area contributed by atoms with E-state index in [-0.39, 0.29) is 6.04 Å². The molecule has 0 saturated heterocycles. The van der Waals surface area contributed by atoms with Crippen molar-refractivity contribution < 1.29 is 24.1 Å². The minimum absolute atomic E-state index is 0.363. The number of carbonyl (C=O) groups excluding carboxylic acids is 1. The second kappa shape index (κ2) is 8.16. The van der Waals surface area contributed by atoms with Gasteiger partial charge in [0, 0.05) is 17.7 Å². The standard InChI is InChI=1S/C20H31NO5/c1-7-12-21(19(23)26-20(2,3)4)14-9-8-13-15(24-5)10-11-16(25-6)17(13)18(14)22/h10-11,14,18,22H,7-9,12H2,1-6H3/t14-,18+/m0/s1. The lowest BCUT2D eigenvalue weighted by Crippen LogP contribution is -2.48. The fourth-order valence-corrected chi connectivity index (χ4v) is 3.50. The number of fused-ring (bicyclic) bond motifs is 1. The van der Waals surface area contributed by atoms with Crippen LogP contribution in [0.5, 0.6) is 11.5 Å². The fraction of sp³-hybridized carbons (Fsp3) is 0.650. The van der Waals surface area contributed by atoms with Gasteiger partial charge in [0.1, 0.15) is 23.2 Å². The summed E-state index contributed by atoms with van der Waals surface area (Å²) in [6.45, 7) is 8.06. The highest BCUT2D eigenvalue weighted by Gasteiger charge is 2.39. The molecule has 0 spiro atoms. The van der Waals surface area contributed by atoms with Gasteiger partial charge in [-0.05, 0) is 52.2 Å². The first-order valence-electron chi connectivity index (χ1n) is 9.14. The maximum Gasteiger partial charge on any atom is 0.410 e. The number of aliphatic hydroxyl groups is 1. The predicted octanol–water partition coefficient (Wildman–Crippen LogP) is 3.70. The van der Waals surface area contributed by atoms with Crippen molar-refractivity contribution in [1.82, 2.24) is 4.90 Å². The molecular formula is C20H31NO5. The summed E-state index contributed by atoms with van der Waals surface area (Å²) in [4.78, 5) is 14.4. The molecule has 0 heterocycles. The van der Waals surface area contributed by atoms with E-state index in [1.54, 1.807) is 25.2 Å². The van der Waals surface area contributed by atoms with Crippen molar-refractivity contribution in [2.45, 2.75) is 64.7 Å². The molecule has 0 radical (unpaired) electrons. The number of rotatable bonds is 5. The smallest absolute Gasteiger partial charge is 0.410 e. The second-order valence-electron chi connectivity index (χ2n) is 7.59. The van der Waals surface area contributed by atoms with Gasteiger partial charge in [-0.2, -0.15) is 0 Å². The molecule has 1 amide bonds. The maximum atomic E-state index is 12.7. The molecule has 1 aliphatic rings. The Morgan fingerprint density at radius 1 is 1.23 bits per heavy atom. The van der Waals surface area contributed by atoms with Gasteiger partial charge < -0.3 is 24.2 Å². The Labute approximate surface area is 156 Å². The van der Waals surface area contributed by atoms with E-state index in [4.69, 9.17) is 14.2 Å². The van der Waals surface area contributed by atoms with Crippen molar-refractivity contribution in [3.63, 3.8) is 0 Å². The van der Waals surface area contributed by atoms with Gasteiger partial charge in [-0.1, -0.05) is 6.92 Å². The highest BCUT2D eigenvalue weighted by atomic mass is 16.6. The predicted molar refractivity (Wildman–Crippen MR) is 99.8 cm³/mol. The highest BCUT2D eigenvalue weighted by Crippen LogP contribution is 2.43. The van der Waals surface area contributed by atoms with Crippen LogP contribution in [0.3, 0.4) is 0 Å². The van der Waals surface area contributed by atoms with E-state index in [2.05, 4.69) is 0 Å². The van der Waals surface area contributed by atoms with Crippen LogP contribution >= 0.6 is 0 Å². The molecule has 0 fully saturated rings. The minimum Gasteiger partial charge on any atom is -0.496 e. The fourth-order valence-electron chi connectivity index (χ4n) is 3.50. The third-order valence-corrected chi connectivity index (χ3v) is 4.56. The molecule has 2 atom stereocenters. The number of hydrogen-bond donors (Lipinski definition) is 1. The average molecular weight is 365 g/mol. The lowest BCUT2D eigenvalue weighted by atomic mass is 9.83. The Balaban J connectivity index is 2.38. The molecule has 0 bridgehead atoms. The molecule has 26 heavy (non-hydrogen) atoms. The summed E-state index contributed by atoms with van der Waals surface area (Å²) in [5, 5.41) is 11.1. The number of methoxy groups -OCH3 is 2. The first kappa shape index (κ1) is 20.4.